The van der Waals surface area contributed by atoms with Crippen molar-refractivity contribution < 1.29 is 9.59 Å². The minimum absolute atomic E-state index is 0.313. The topological polar surface area (TPSA) is 58.2 Å². The lowest BCUT2D eigenvalue weighted by Crippen LogP contribution is -2.42. The van der Waals surface area contributed by atoms with Crippen molar-refractivity contribution in [3.63, 3.8) is 0 Å². The molecule has 1 fully saturated rings. The summed E-state index contributed by atoms with van der Waals surface area (Å²) in [5, 5.41) is 2.46. The van der Waals surface area contributed by atoms with Crippen LogP contribution in [0.2, 0.25) is 0 Å². The van der Waals surface area contributed by atoms with E-state index in [9.17, 15) is 9.59 Å². The molecule has 0 aromatic rings. The van der Waals surface area contributed by atoms with Crippen LogP contribution in [0.1, 0.15) is 19.3 Å². The van der Waals surface area contributed by atoms with Crippen LogP contribution < -0.4 is 10.0 Å². The van der Waals surface area contributed by atoms with E-state index in [2.05, 4.69) is 29.4 Å². The van der Waals surface area contributed by atoms with Gasteiger partial charge in [-0.1, -0.05) is 31.7 Å². The van der Waals surface area contributed by atoms with E-state index in [-0.39, 0.29) is 0 Å². The number of carbonyl (C=O) groups excluding carboxylic acids is 2. The van der Waals surface area contributed by atoms with Gasteiger partial charge in [0.1, 0.15) is 0 Å². The maximum absolute atomic E-state index is 11.6. The molecule has 0 aliphatic heterocycles. The fourth-order valence-electron chi connectivity index (χ4n) is 1.32. The quantitative estimate of drug-likeness (QED) is 0.337. The molecule has 0 aromatic heterocycles. The van der Waals surface area contributed by atoms with Crippen LogP contribution in [0.25, 0.3) is 0 Å². The van der Waals surface area contributed by atoms with Crippen molar-refractivity contribution in [2.45, 2.75) is 25.3 Å². The second kappa shape index (κ2) is 5.92. The first-order chi connectivity index (χ1) is 7.19. The first-order valence-electron chi connectivity index (χ1n) is 5.01. The molecule has 5 heteroatoms. The molecule has 0 saturated heterocycles. The summed E-state index contributed by atoms with van der Waals surface area (Å²) in [5.74, 6) is -0.438. The Balaban J connectivity index is 2.39. The molecule has 1 aliphatic carbocycles. The van der Waals surface area contributed by atoms with Crippen molar-refractivity contribution in [1.29, 1.82) is 0 Å². The van der Waals surface area contributed by atoms with Crippen LogP contribution in [-0.2, 0) is 9.59 Å². The van der Waals surface area contributed by atoms with Gasteiger partial charge in [-0.15, -0.1) is 6.58 Å². The zero-order valence-electron chi connectivity index (χ0n) is 8.53. The summed E-state index contributed by atoms with van der Waals surface area (Å²) in [6.45, 7) is 3.77. The van der Waals surface area contributed by atoms with Crippen molar-refractivity contribution in [3.8, 4) is 0 Å². The number of hydrogen-bond donors (Lipinski definition) is 3. The van der Waals surface area contributed by atoms with Crippen molar-refractivity contribution >= 4 is 24.5 Å². The fourth-order valence-corrected chi connectivity index (χ4v) is 1.54. The zero-order valence-corrected chi connectivity index (χ0v) is 9.43. The smallest absolute Gasteiger partial charge is 0.289 e. The van der Waals surface area contributed by atoms with Crippen LogP contribution in [0.4, 0.5) is 0 Å². The highest BCUT2D eigenvalue weighted by Gasteiger charge is 2.31. The van der Waals surface area contributed by atoms with Gasteiger partial charge in [-0.05, 0) is 12.3 Å². The number of rotatable bonds is 7. The lowest BCUT2D eigenvalue weighted by Gasteiger charge is -2.12. The zero-order chi connectivity index (χ0) is 11.3. The maximum Gasteiger partial charge on any atom is 0.289 e. The summed E-state index contributed by atoms with van der Waals surface area (Å²) >= 11 is 3.87. The van der Waals surface area contributed by atoms with Gasteiger partial charge in [0, 0.05) is 6.54 Å². The van der Waals surface area contributed by atoms with E-state index < -0.39 is 17.7 Å². The lowest BCUT2D eigenvalue weighted by molar-refractivity contribution is -0.138. The molecule has 84 valence electrons. The van der Waals surface area contributed by atoms with Crippen LogP contribution >= 0.6 is 12.8 Å². The van der Waals surface area contributed by atoms with Gasteiger partial charge in [0.15, 0.2) is 0 Å². The van der Waals surface area contributed by atoms with Gasteiger partial charge in [0.2, 0.25) is 5.78 Å². The van der Waals surface area contributed by atoms with Gasteiger partial charge < -0.3 is 5.32 Å². The molecule has 15 heavy (non-hydrogen) atoms. The second-order valence-corrected chi connectivity index (χ2v) is 3.98. The summed E-state index contributed by atoms with van der Waals surface area (Å²) in [5.41, 5.74) is 0. The number of hydrogen-bond acceptors (Lipinski definition) is 4. The van der Waals surface area contributed by atoms with Crippen molar-refractivity contribution in [1.82, 2.24) is 10.0 Å². The van der Waals surface area contributed by atoms with Gasteiger partial charge >= 0.3 is 0 Å². The Bertz CT molecular complexity index is 264. The number of ketones is 1. The average molecular weight is 228 g/mol. The number of Topliss-reactive ketones (excluding diaryl/α,β-unsaturated/α-hetero) is 1. The van der Waals surface area contributed by atoms with Gasteiger partial charge in [0.05, 0.1) is 6.04 Å². The SMILES string of the molecule is C=CCNC(=O)C(=O)C(CC1CC1)NS. The van der Waals surface area contributed by atoms with E-state index in [1.54, 1.807) is 0 Å². The molecule has 1 saturated carbocycles. The molecule has 0 bridgehead atoms. The second-order valence-electron chi connectivity index (χ2n) is 3.72. The van der Waals surface area contributed by atoms with Gasteiger partial charge in [-0.2, -0.15) is 0 Å². The molecule has 0 spiro atoms. The third-order valence-corrected chi connectivity index (χ3v) is 2.68. The van der Waals surface area contributed by atoms with Gasteiger partial charge in [0.25, 0.3) is 5.91 Å². The lowest BCUT2D eigenvalue weighted by atomic mass is 10.1. The molecule has 2 N–H and O–H groups in total. The molecule has 0 heterocycles. The van der Waals surface area contributed by atoms with E-state index in [1.165, 1.54) is 6.08 Å². The Morgan fingerprint density at radius 3 is 2.67 bits per heavy atom. The molecule has 1 unspecified atom stereocenters. The molecule has 4 nitrogen and oxygen atoms in total. The van der Waals surface area contributed by atoms with Crippen LogP contribution in [0, 0.1) is 5.92 Å². The predicted molar refractivity (Wildman–Crippen MR) is 61.5 cm³/mol. The monoisotopic (exact) mass is 228 g/mol. The Hall–Kier alpha value is -0.810. The molecular formula is C10H16N2O2S. The Morgan fingerprint density at radius 2 is 2.20 bits per heavy atom. The highest BCUT2D eigenvalue weighted by Crippen LogP contribution is 2.33. The van der Waals surface area contributed by atoms with Crippen molar-refractivity contribution in [2.75, 3.05) is 6.54 Å². The van der Waals surface area contributed by atoms with Gasteiger partial charge in [-0.25, -0.2) is 0 Å². The van der Waals surface area contributed by atoms with Crippen molar-refractivity contribution in [2.24, 2.45) is 5.92 Å². The summed E-state index contributed by atoms with van der Waals surface area (Å²) in [6.07, 6.45) is 4.53. The highest BCUT2D eigenvalue weighted by atomic mass is 32.1. The predicted octanol–water partition coefficient (Wildman–Crippen LogP) is 0.461. The van der Waals surface area contributed by atoms with Crippen LogP contribution in [0.15, 0.2) is 12.7 Å². The van der Waals surface area contributed by atoms with Crippen LogP contribution in [-0.4, -0.2) is 24.3 Å². The molecule has 1 aliphatic rings. The normalized spacial score (nSPS) is 16.9. The summed E-state index contributed by atoms with van der Waals surface area (Å²) in [7, 11) is 0. The molecule has 0 radical (unpaired) electrons. The third-order valence-electron chi connectivity index (χ3n) is 2.37. The summed E-state index contributed by atoms with van der Waals surface area (Å²) in [6, 6.07) is -0.467. The van der Waals surface area contributed by atoms with E-state index in [0.717, 1.165) is 12.8 Å². The largest absolute Gasteiger partial charge is 0.346 e. The van der Waals surface area contributed by atoms with E-state index in [4.69, 9.17) is 0 Å². The number of thiol groups is 1. The summed E-state index contributed by atoms with van der Waals surface area (Å²) < 4.78 is 2.59. The Kier molecular flexibility index (Phi) is 4.84. The van der Waals surface area contributed by atoms with Crippen molar-refractivity contribution in [3.05, 3.63) is 12.7 Å². The Labute approximate surface area is 95.0 Å². The first kappa shape index (κ1) is 12.3. The van der Waals surface area contributed by atoms with Gasteiger partial charge in [-0.3, -0.25) is 14.3 Å². The maximum atomic E-state index is 11.6. The van der Waals surface area contributed by atoms with Crippen LogP contribution in [0.5, 0.6) is 0 Å². The third kappa shape index (κ3) is 4.05. The average Bonchev–Trinajstić information content (AvgIpc) is 3.05. The molecule has 1 rings (SSSR count). The molecular weight excluding hydrogens is 212 g/mol. The summed E-state index contributed by atoms with van der Waals surface area (Å²) in [4.78, 5) is 22.9. The standard InChI is InChI=1S/C10H16N2O2S/c1-2-5-11-10(14)9(13)8(12-15)6-7-3-4-7/h2,7-8,12,15H,1,3-6H2,(H,11,14). The van der Waals surface area contributed by atoms with E-state index >= 15 is 0 Å². The number of nitrogens with one attached hydrogen (secondary N) is 2. The fraction of sp³-hybridized carbons (Fsp3) is 0.600. The minimum Gasteiger partial charge on any atom is -0.346 e. The number of carbonyl (C=O) groups is 2. The molecule has 1 amide bonds. The minimum atomic E-state index is -0.567. The van der Waals surface area contributed by atoms with Crippen LogP contribution in [0.3, 0.4) is 0 Å². The molecule has 1 atom stereocenters. The Morgan fingerprint density at radius 1 is 1.53 bits per heavy atom. The number of amides is 1. The first-order valence-corrected chi connectivity index (χ1v) is 5.46. The highest BCUT2D eigenvalue weighted by molar-refractivity contribution is 7.78. The molecule has 0 aromatic carbocycles. The van der Waals surface area contributed by atoms with E-state index in [1.807, 2.05) is 0 Å². The van der Waals surface area contributed by atoms with E-state index in [0.29, 0.717) is 18.9 Å².